The van der Waals surface area contributed by atoms with Crippen molar-refractivity contribution >= 4 is 5.91 Å². The lowest BCUT2D eigenvalue weighted by Crippen LogP contribution is -2.48. The van der Waals surface area contributed by atoms with Crippen molar-refractivity contribution in [2.24, 2.45) is 0 Å². The van der Waals surface area contributed by atoms with Crippen LogP contribution in [0.25, 0.3) is 0 Å². The molecule has 1 heterocycles. The summed E-state index contributed by atoms with van der Waals surface area (Å²) >= 11 is 0. The topological polar surface area (TPSA) is 54.0 Å². The standard InChI is InChI=1S/C16H25N3O3/c1-17-16(20)12-19-8-6-18(7-9-19)11-13-10-14(21-2)4-5-15(13)22-3/h4-5,10H,6-9,11-12H2,1-3H3,(H,17,20). The lowest BCUT2D eigenvalue weighted by molar-refractivity contribution is -0.122. The van der Waals surface area contributed by atoms with Gasteiger partial charge in [-0.05, 0) is 18.2 Å². The highest BCUT2D eigenvalue weighted by atomic mass is 16.5. The largest absolute Gasteiger partial charge is 0.497 e. The van der Waals surface area contributed by atoms with Crippen molar-refractivity contribution in [3.05, 3.63) is 23.8 Å². The summed E-state index contributed by atoms with van der Waals surface area (Å²) in [5.74, 6) is 1.80. The molecule has 1 aromatic carbocycles. The average Bonchev–Trinajstić information content (AvgIpc) is 2.56. The van der Waals surface area contributed by atoms with Crippen LogP contribution in [0.5, 0.6) is 11.5 Å². The number of hydrogen-bond acceptors (Lipinski definition) is 5. The van der Waals surface area contributed by atoms with Crippen LogP contribution in [0.15, 0.2) is 18.2 Å². The molecule has 1 amide bonds. The average molecular weight is 307 g/mol. The Hall–Kier alpha value is -1.79. The predicted molar refractivity (Wildman–Crippen MR) is 85.3 cm³/mol. The Kier molecular flexibility index (Phi) is 6.03. The van der Waals surface area contributed by atoms with Crippen molar-refractivity contribution in [3.8, 4) is 11.5 Å². The van der Waals surface area contributed by atoms with Gasteiger partial charge in [-0.15, -0.1) is 0 Å². The van der Waals surface area contributed by atoms with Crippen molar-refractivity contribution in [3.63, 3.8) is 0 Å². The minimum atomic E-state index is 0.0721. The SMILES string of the molecule is CNC(=O)CN1CCN(Cc2cc(OC)ccc2OC)CC1. The van der Waals surface area contributed by atoms with Crippen LogP contribution in [-0.2, 0) is 11.3 Å². The van der Waals surface area contributed by atoms with Gasteiger partial charge < -0.3 is 14.8 Å². The van der Waals surface area contributed by atoms with Crippen LogP contribution in [0.4, 0.5) is 0 Å². The molecule has 1 aliphatic heterocycles. The van der Waals surface area contributed by atoms with E-state index in [1.807, 2.05) is 18.2 Å². The zero-order valence-corrected chi connectivity index (χ0v) is 13.6. The number of rotatable bonds is 6. The summed E-state index contributed by atoms with van der Waals surface area (Å²) in [5, 5.41) is 2.67. The van der Waals surface area contributed by atoms with E-state index in [-0.39, 0.29) is 5.91 Å². The van der Waals surface area contributed by atoms with Crippen molar-refractivity contribution < 1.29 is 14.3 Å². The first-order chi connectivity index (χ1) is 10.7. The molecule has 22 heavy (non-hydrogen) atoms. The maximum absolute atomic E-state index is 11.4. The molecule has 0 spiro atoms. The number of benzene rings is 1. The lowest BCUT2D eigenvalue weighted by Gasteiger charge is -2.34. The van der Waals surface area contributed by atoms with E-state index in [0.29, 0.717) is 6.54 Å². The third kappa shape index (κ3) is 4.35. The molecule has 0 unspecified atom stereocenters. The highest BCUT2D eigenvalue weighted by Gasteiger charge is 2.19. The van der Waals surface area contributed by atoms with Crippen LogP contribution in [0.2, 0.25) is 0 Å². The van der Waals surface area contributed by atoms with Crippen molar-refractivity contribution in [1.29, 1.82) is 0 Å². The van der Waals surface area contributed by atoms with Crippen molar-refractivity contribution in [1.82, 2.24) is 15.1 Å². The zero-order valence-electron chi connectivity index (χ0n) is 13.6. The minimum Gasteiger partial charge on any atom is -0.497 e. The van der Waals surface area contributed by atoms with E-state index in [4.69, 9.17) is 9.47 Å². The van der Waals surface area contributed by atoms with Gasteiger partial charge in [-0.25, -0.2) is 0 Å². The normalized spacial score (nSPS) is 16.3. The fourth-order valence-corrected chi connectivity index (χ4v) is 2.63. The molecule has 2 rings (SSSR count). The summed E-state index contributed by atoms with van der Waals surface area (Å²) in [6.45, 7) is 5.00. The summed E-state index contributed by atoms with van der Waals surface area (Å²) in [6, 6.07) is 5.87. The van der Waals surface area contributed by atoms with Gasteiger partial charge in [-0.2, -0.15) is 0 Å². The summed E-state index contributed by atoms with van der Waals surface area (Å²) in [6.07, 6.45) is 0. The number of ether oxygens (including phenoxy) is 2. The first-order valence-electron chi connectivity index (χ1n) is 7.52. The number of carbonyl (C=O) groups excluding carboxylic acids is 1. The van der Waals surface area contributed by atoms with Gasteiger partial charge in [0.1, 0.15) is 11.5 Å². The summed E-state index contributed by atoms with van der Waals surface area (Å²) < 4.78 is 10.7. The summed E-state index contributed by atoms with van der Waals surface area (Å²) in [4.78, 5) is 16.0. The molecule has 6 heteroatoms. The van der Waals surface area contributed by atoms with E-state index in [9.17, 15) is 4.79 Å². The molecule has 1 aliphatic rings. The van der Waals surface area contributed by atoms with Crippen molar-refractivity contribution in [2.75, 3.05) is 54.0 Å². The fourth-order valence-electron chi connectivity index (χ4n) is 2.63. The minimum absolute atomic E-state index is 0.0721. The number of methoxy groups -OCH3 is 2. The second-order valence-electron chi connectivity index (χ2n) is 5.40. The first-order valence-corrected chi connectivity index (χ1v) is 7.52. The van der Waals surface area contributed by atoms with Crippen LogP contribution in [-0.4, -0.2) is 69.7 Å². The number of nitrogens with one attached hydrogen (secondary N) is 1. The van der Waals surface area contributed by atoms with Crippen molar-refractivity contribution in [2.45, 2.75) is 6.54 Å². The van der Waals surface area contributed by atoms with Gasteiger partial charge in [0, 0.05) is 45.3 Å². The Labute approximate surface area is 132 Å². The van der Waals surface area contributed by atoms with E-state index in [2.05, 4.69) is 15.1 Å². The van der Waals surface area contributed by atoms with Gasteiger partial charge in [0.2, 0.25) is 5.91 Å². The molecule has 0 bridgehead atoms. The lowest BCUT2D eigenvalue weighted by atomic mass is 10.1. The highest BCUT2D eigenvalue weighted by molar-refractivity contribution is 5.77. The summed E-state index contributed by atoms with van der Waals surface area (Å²) in [5.41, 5.74) is 1.13. The van der Waals surface area contributed by atoms with Gasteiger partial charge in [-0.3, -0.25) is 14.6 Å². The molecule has 0 radical (unpaired) electrons. The third-order valence-electron chi connectivity index (χ3n) is 3.99. The maximum atomic E-state index is 11.4. The van der Waals surface area contributed by atoms with Crippen LogP contribution < -0.4 is 14.8 Å². The highest BCUT2D eigenvalue weighted by Crippen LogP contribution is 2.25. The van der Waals surface area contributed by atoms with Crippen LogP contribution in [0, 0.1) is 0 Å². The van der Waals surface area contributed by atoms with Gasteiger partial charge in [0.25, 0.3) is 0 Å². The quantitative estimate of drug-likeness (QED) is 0.833. The molecular formula is C16H25N3O3. The Balaban J connectivity index is 1.91. The number of amides is 1. The van der Waals surface area contributed by atoms with Gasteiger partial charge in [-0.1, -0.05) is 0 Å². The Morgan fingerprint density at radius 2 is 1.82 bits per heavy atom. The molecule has 0 aromatic heterocycles. The second kappa shape index (κ2) is 8.00. The van der Waals surface area contributed by atoms with Crippen LogP contribution in [0.3, 0.4) is 0 Å². The van der Waals surface area contributed by atoms with Gasteiger partial charge in [0.15, 0.2) is 0 Å². The Morgan fingerprint density at radius 1 is 1.14 bits per heavy atom. The molecule has 0 aliphatic carbocycles. The predicted octanol–water partition coefficient (Wildman–Crippen LogP) is 0.567. The van der Waals surface area contributed by atoms with E-state index >= 15 is 0 Å². The fraction of sp³-hybridized carbons (Fsp3) is 0.562. The molecule has 1 N–H and O–H groups in total. The van der Waals surface area contributed by atoms with E-state index in [1.165, 1.54) is 0 Å². The van der Waals surface area contributed by atoms with Crippen LogP contribution >= 0.6 is 0 Å². The van der Waals surface area contributed by atoms with Gasteiger partial charge in [0.05, 0.1) is 20.8 Å². The number of carbonyl (C=O) groups is 1. The molecule has 0 saturated carbocycles. The Bertz CT molecular complexity index is 499. The number of hydrogen-bond donors (Lipinski definition) is 1. The number of likely N-dealkylation sites (N-methyl/N-ethyl adjacent to an activating group) is 1. The second-order valence-corrected chi connectivity index (χ2v) is 5.40. The van der Waals surface area contributed by atoms with E-state index < -0.39 is 0 Å². The molecule has 1 saturated heterocycles. The molecule has 122 valence electrons. The third-order valence-corrected chi connectivity index (χ3v) is 3.99. The maximum Gasteiger partial charge on any atom is 0.233 e. The first kappa shape index (κ1) is 16.6. The molecule has 0 atom stereocenters. The van der Waals surface area contributed by atoms with Gasteiger partial charge >= 0.3 is 0 Å². The summed E-state index contributed by atoms with van der Waals surface area (Å²) in [7, 11) is 5.03. The molecule has 1 aromatic rings. The van der Waals surface area contributed by atoms with E-state index in [0.717, 1.165) is 49.8 Å². The number of piperazine rings is 1. The molecule has 6 nitrogen and oxygen atoms in total. The number of nitrogens with zero attached hydrogens (tertiary/aromatic N) is 2. The van der Waals surface area contributed by atoms with Crippen LogP contribution in [0.1, 0.15) is 5.56 Å². The zero-order chi connectivity index (χ0) is 15.9. The molecule has 1 fully saturated rings. The van der Waals surface area contributed by atoms with E-state index in [1.54, 1.807) is 21.3 Å². The smallest absolute Gasteiger partial charge is 0.233 e. The molecular weight excluding hydrogens is 282 g/mol. The Morgan fingerprint density at radius 3 is 2.41 bits per heavy atom. The monoisotopic (exact) mass is 307 g/mol.